The fraction of sp³-hybridized carbons (Fsp3) is 0.417. The average Bonchev–Trinajstić information content (AvgIpc) is 2.27. The Kier molecular flexibility index (Phi) is 5.75. The van der Waals surface area contributed by atoms with Gasteiger partial charge in [-0.15, -0.1) is 0 Å². The van der Waals surface area contributed by atoms with Gasteiger partial charge in [0.05, 0.1) is 10.0 Å². The van der Waals surface area contributed by atoms with Crippen molar-refractivity contribution in [2.45, 2.75) is 25.8 Å². The first kappa shape index (κ1) is 14.3. The minimum absolute atomic E-state index is 0.164. The molecule has 3 nitrogen and oxygen atoms in total. The fourth-order valence-corrected chi connectivity index (χ4v) is 1.79. The first-order chi connectivity index (χ1) is 8.00. The molecule has 0 spiro atoms. The third-order valence-electron chi connectivity index (χ3n) is 2.49. The van der Waals surface area contributed by atoms with Gasteiger partial charge in [0.2, 0.25) is 5.91 Å². The lowest BCUT2D eigenvalue weighted by Gasteiger charge is -2.14. The number of primary amides is 1. The highest BCUT2D eigenvalue weighted by Gasteiger charge is 2.07. The van der Waals surface area contributed by atoms with E-state index in [4.69, 9.17) is 28.9 Å². The van der Waals surface area contributed by atoms with Gasteiger partial charge >= 0.3 is 0 Å². The van der Waals surface area contributed by atoms with Crippen LogP contribution < -0.4 is 11.1 Å². The van der Waals surface area contributed by atoms with E-state index in [9.17, 15) is 4.79 Å². The maximum Gasteiger partial charge on any atom is 0.217 e. The summed E-state index contributed by atoms with van der Waals surface area (Å²) in [5.74, 6) is -0.269. The average molecular weight is 275 g/mol. The molecule has 1 aromatic rings. The summed E-state index contributed by atoms with van der Waals surface area (Å²) >= 11 is 11.8. The van der Waals surface area contributed by atoms with Crippen molar-refractivity contribution in [1.82, 2.24) is 5.32 Å². The topological polar surface area (TPSA) is 55.1 Å². The van der Waals surface area contributed by atoms with E-state index in [0.29, 0.717) is 16.5 Å². The predicted molar refractivity (Wildman–Crippen MR) is 71.3 cm³/mol. The molecule has 17 heavy (non-hydrogen) atoms. The second-order valence-electron chi connectivity index (χ2n) is 3.92. The second kappa shape index (κ2) is 6.84. The monoisotopic (exact) mass is 274 g/mol. The molecule has 0 saturated carbocycles. The molecule has 5 heteroatoms. The van der Waals surface area contributed by atoms with Crippen molar-refractivity contribution >= 4 is 29.1 Å². The fourth-order valence-electron chi connectivity index (χ4n) is 1.48. The molecular formula is C12H16Cl2N2O. The molecule has 1 unspecified atom stereocenters. The van der Waals surface area contributed by atoms with Gasteiger partial charge in [-0.1, -0.05) is 29.3 Å². The third kappa shape index (κ3) is 4.94. The second-order valence-corrected chi connectivity index (χ2v) is 4.73. The van der Waals surface area contributed by atoms with Crippen LogP contribution in [0.1, 0.15) is 31.4 Å². The highest BCUT2D eigenvalue weighted by Crippen LogP contribution is 2.25. The lowest BCUT2D eigenvalue weighted by Crippen LogP contribution is -2.21. The number of hydrogen-bond donors (Lipinski definition) is 2. The van der Waals surface area contributed by atoms with Gasteiger partial charge in [-0.3, -0.25) is 4.79 Å². The summed E-state index contributed by atoms with van der Waals surface area (Å²) < 4.78 is 0. The molecule has 1 amide bonds. The van der Waals surface area contributed by atoms with E-state index in [1.54, 1.807) is 6.07 Å². The number of carbonyl (C=O) groups excluding carboxylic acids is 1. The molecule has 0 aliphatic rings. The molecule has 0 saturated heterocycles. The van der Waals surface area contributed by atoms with Crippen LogP contribution in [0, 0.1) is 0 Å². The van der Waals surface area contributed by atoms with Gasteiger partial charge in [0, 0.05) is 12.5 Å². The maximum absolute atomic E-state index is 10.6. The van der Waals surface area contributed by atoms with Crippen molar-refractivity contribution in [2.75, 3.05) is 6.54 Å². The van der Waals surface area contributed by atoms with Crippen LogP contribution in [0.15, 0.2) is 18.2 Å². The highest BCUT2D eigenvalue weighted by atomic mass is 35.5. The maximum atomic E-state index is 10.6. The quantitative estimate of drug-likeness (QED) is 0.784. The Morgan fingerprint density at radius 3 is 2.71 bits per heavy atom. The minimum atomic E-state index is -0.269. The number of nitrogens with one attached hydrogen (secondary N) is 1. The first-order valence-corrected chi connectivity index (χ1v) is 6.23. The molecule has 1 aromatic carbocycles. The molecule has 0 aliphatic carbocycles. The summed E-state index contributed by atoms with van der Waals surface area (Å²) in [6, 6.07) is 5.72. The lowest BCUT2D eigenvalue weighted by molar-refractivity contribution is -0.118. The van der Waals surface area contributed by atoms with Crippen molar-refractivity contribution < 1.29 is 4.79 Å². The van der Waals surface area contributed by atoms with E-state index in [0.717, 1.165) is 18.5 Å². The molecule has 3 N–H and O–H groups in total. The molecule has 0 heterocycles. The van der Waals surface area contributed by atoms with Gasteiger partial charge in [0.15, 0.2) is 0 Å². The molecule has 0 radical (unpaired) electrons. The molecule has 0 bridgehead atoms. The van der Waals surface area contributed by atoms with Crippen molar-refractivity contribution in [3.05, 3.63) is 33.8 Å². The van der Waals surface area contributed by atoms with E-state index >= 15 is 0 Å². The zero-order chi connectivity index (χ0) is 12.8. The lowest BCUT2D eigenvalue weighted by atomic mass is 10.1. The Morgan fingerprint density at radius 1 is 1.41 bits per heavy atom. The minimum Gasteiger partial charge on any atom is -0.370 e. The van der Waals surface area contributed by atoms with Crippen molar-refractivity contribution in [3.63, 3.8) is 0 Å². The van der Waals surface area contributed by atoms with Gasteiger partial charge in [0.25, 0.3) is 0 Å². The predicted octanol–water partition coefficient (Wildman–Crippen LogP) is 2.91. The summed E-state index contributed by atoms with van der Waals surface area (Å²) in [7, 11) is 0. The number of rotatable bonds is 6. The normalized spacial score (nSPS) is 12.4. The molecule has 94 valence electrons. The largest absolute Gasteiger partial charge is 0.370 e. The SMILES string of the molecule is CC(NCCCC(N)=O)c1ccc(Cl)c(Cl)c1. The van der Waals surface area contributed by atoms with Crippen LogP contribution in [0.3, 0.4) is 0 Å². The number of amides is 1. The van der Waals surface area contributed by atoms with Crippen LogP contribution in [0.25, 0.3) is 0 Å². The Bertz CT molecular complexity index is 396. The van der Waals surface area contributed by atoms with Crippen molar-refractivity contribution in [2.24, 2.45) is 5.73 Å². The zero-order valence-corrected chi connectivity index (χ0v) is 11.2. The number of carbonyl (C=O) groups is 1. The van der Waals surface area contributed by atoms with Crippen LogP contribution in [-0.2, 0) is 4.79 Å². The Morgan fingerprint density at radius 2 is 2.12 bits per heavy atom. The standard InChI is InChI=1S/C12H16Cl2N2O/c1-8(16-6-2-3-12(15)17)9-4-5-10(13)11(14)7-9/h4-5,7-8,16H,2-3,6H2,1H3,(H2,15,17). The highest BCUT2D eigenvalue weighted by molar-refractivity contribution is 6.42. The smallest absolute Gasteiger partial charge is 0.217 e. The van der Waals surface area contributed by atoms with Gasteiger partial charge in [-0.2, -0.15) is 0 Å². The first-order valence-electron chi connectivity index (χ1n) is 5.47. The molecule has 1 rings (SSSR count). The summed E-state index contributed by atoms with van der Waals surface area (Å²) in [5, 5.41) is 4.39. The zero-order valence-electron chi connectivity index (χ0n) is 9.67. The Hall–Kier alpha value is -0.770. The summed E-state index contributed by atoms with van der Waals surface area (Å²) in [4.78, 5) is 10.6. The van der Waals surface area contributed by atoms with Crippen LogP contribution in [0.4, 0.5) is 0 Å². The summed E-state index contributed by atoms with van der Waals surface area (Å²) in [5.41, 5.74) is 6.13. The summed E-state index contributed by atoms with van der Waals surface area (Å²) in [6.45, 7) is 2.77. The molecular weight excluding hydrogens is 259 g/mol. The van der Waals surface area contributed by atoms with Gasteiger partial charge < -0.3 is 11.1 Å². The Labute approximate surface area is 111 Å². The molecule has 0 fully saturated rings. The van der Waals surface area contributed by atoms with E-state index in [-0.39, 0.29) is 11.9 Å². The summed E-state index contributed by atoms with van der Waals surface area (Å²) in [6.07, 6.45) is 1.14. The van der Waals surface area contributed by atoms with E-state index in [1.807, 2.05) is 19.1 Å². The van der Waals surface area contributed by atoms with Gasteiger partial charge in [-0.25, -0.2) is 0 Å². The molecule has 1 atom stereocenters. The number of benzene rings is 1. The van der Waals surface area contributed by atoms with Crippen molar-refractivity contribution in [3.8, 4) is 0 Å². The molecule has 0 aliphatic heterocycles. The Balaban J connectivity index is 2.44. The van der Waals surface area contributed by atoms with Crippen LogP contribution in [0.5, 0.6) is 0 Å². The van der Waals surface area contributed by atoms with E-state index in [2.05, 4.69) is 5.32 Å². The number of hydrogen-bond acceptors (Lipinski definition) is 2. The van der Waals surface area contributed by atoms with Crippen LogP contribution in [-0.4, -0.2) is 12.5 Å². The number of nitrogens with two attached hydrogens (primary N) is 1. The van der Waals surface area contributed by atoms with Gasteiger partial charge in [0.1, 0.15) is 0 Å². The molecule has 0 aromatic heterocycles. The third-order valence-corrected chi connectivity index (χ3v) is 3.23. The van der Waals surface area contributed by atoms with Gasteiger partial charge in [-0.05, 0) is 37.6 Å². The number of halogens is 2. The van der Waals surface area contributed by atoms with E-state index < -0.39 is 0 Å². The van der Waals surface area contributed by atoms with Crippen LogP contribution in [0.2, 0.25) is 10.0 Å². The van der Waals surface area contributed by atoms with Crippen molar-refractivity contribution in [1.29, 1.82) is 0 Å². The van der Waals surface area contributed by atoms with Crippen LogP contribution >= 0.6 is 23.2 Å². The van der Waals surface area contributed by atoms with E-state index in [1.165, 1.54) is 0 Å².